The van der Waals surface area contributed by atoms with Gasteiger partial charge in [-0.1, -0.05) is 34.6 Å². The number of hydrogen-bond donors (Lipinski definition) is 1. The molecule has 0 unspecified atom stereocenters. The molecular formula is C16H21BrClN. The monoisotopic (exact) mass is 341 g/mol. The molecular weight excluding hydrogens is 322 g/mol. The molecule has 0 aliphatic heterocycles. The summed E-state index contributed by atoms with van der Waals surface area (Å²) in [4.78, 5) is 0. The second kappa shape index (κ2) is 5.59. The molecule has 0 atom stereocenters. The molecule has 0 aromatic heterocycles. The maximum Gasteiger partial charge on any atom is 0.0253 e. The third-order valence-electron chi connectivity index (χ3n) is 4.97. The van der Waals surface area contributed by atoms with E-state index in [2.05, 4.69) is 40.7 Å². The van der Waals surface area contributed by atoms with E-state index in [0.29, 0.717) is 5.41 Å². The van der Waals surface area contributed by atoms with Gasteiger partial charge >= 0.3 is 0 Å². The highest BCUT2D eigenvalue weighted by Gasteiger charge is 2.43. The van der Waals surface area contributed by atoms with Crippen molar-refractivity contribution in [2.75, 3.05) is 6.54 Å². The van der Waals surface area contributed by atoms with Crippen LogP contribution in [-0.2, 0) is 6.42 Å². The normalized spacial score (nSPS) is 29.2. The molecule has 1 saturated carbocycles. The van der Waals surface area contributed by atoms with Crippen LogP contribution in [-0.4, -0.2) is 6.54 Å². The van der Waals surface area contributed by atoms with Gasteiger partial charge in [0, 0.05) is 4.47 Å². The van der Waals surface area contributed by atoms with E-state index in [0.717, 1.165) is 12.5 Å². The number of rotatable bonds is 1. The summed E-state index contributed by atoms with van der Waals surface area (Å²) in [5.74, 6) is 0.732. The average molecular weight is 343 g/mol. The van der Waals surface area contributed by atoms with Gasteiger partial charge in [-0.15, -0.1) is 12.4 Å². The zero-order valence-electron chi connectivity index (χ0n) is 11.1. The van der Waals surface area contributed by atoms with Crippen molar-refractivity contribution in [3.8, 4) is 0 Å². The molecule has 1 nitrogen and oxygen atoms in total. The molecule has 104 valence electrons. The molecule has 2 N–H and O–H groups in total. The van der Waals surface area contributed by atoms with Crippen LogP contribution in [0.4, 0.5) is 0 Å². The molecule has 1 aromatic carbocycles. The Labute approximate surface area is 130 Å². The number of allylic oxidation sites excluding steroid dienone is 1. The van der Waals surface area contributed by atoms with Crippen LogP contribution in [0.15, 0.2) is 29.3 Å². The molecule has 0 heterocycles. The van der Waals surface area contributed by atoms with E-state index in [1.165, 1.54) is 53.3 Å². The number of halogens is 2. The molecule has 1 aromatic rings. The molecule has 19 heavy (non-hydrogen) atoms. The van der Waals surface area contributed by atoms with E-state index in [1.54, 1.807) is 0 Å². The molecule has 3 rings (SSSR count). The molecule has 1 spiro atoms. The third kappa shape index (κ3) is 2.39. The van der Waals surface area contributed by atoms with Crippen molar-refractivity contribution in [3.63, 3.8) is 0 Å². The first-order chi connectivity index (χ1) is 8.66. The van der Waals surface area contributed by atoms with Crippen molar-refractivity contribution in [2.24, 2.45) is 17.1 Å². The minimum Gasteiger partial charge on any atom is -0.330 e. The van der Waals surface area contributed by atoms with Gasteiger partial charge in [0.2, 0.25) is 0 Å². The molecule has 0 radical (unpaired) electrons. The van der Waals surface area contributed by atoms with E-state index in [-0.39, 0.29) is 12.4 Å². The molecule has 3 heteroatoms. The summed E-state index contributed by atoms with van der Waals surface area (Å²) in [6, 6.07) is 6.53. The van der Waals surface area contributed by atoms with Crippen LogP contribution in [0, 0.1) is 11.3 Å². The molecule has 2 aliphatic carbocycles. The van der Waals surface area contributed by atoms with Gasteiger partial charge in [-0.05, 0) is 72.7 Å². The lowest BCUT2D eigenvalue weighted by Gasteiger charge is -2.38. The Hall–Kier alpha value is -0.310. The van der Waals surface area contributed by atoms with Crippen molar-refractivity contribution in [3.05, 3.63) is 40.4 Å². The summed E-state index contributed by atoms with van der Waals surface area (Å²) < 4.78 is 1.21. The van der Waals surface area contributed by atoms with Crippen LogP contribution >= 0.6 is 28.3 Å². The highest BCUT2D eigenvalue weighted by Crippen LogP contribution is 2.56. The van der Waals surface area contributed by atoms with Crippen molar-refractivity contribution in [1.82, 2.24) is 0 Å². The Morgan fingerprint density at radius 2 is 2.00 bits per heavy atom. The van der Waals surface area contributed by atoms with Gasteiger partial charge in [-0.2, -0.15) is 0 Å². The van der Waals surface area contributed by atoms with Crippen LogP contribution in [0.25, 0.3) is 5.57 Å². The summed E-state index contributed by atoms with van der Waals surface area (Å²) in [6.45, 7) is 5.27. The number of nitrogens with two attached hydrogens (primary N) is 1. The first kappa shape index (κ1) is 15.1. The second-order valence-corrected chi connectivity index (χ2v) is 6.74. The van der Waals surface area contributed by atoms with Crippen LogP contribution < -0.4 is 5.73 Å². The van der Waals surface area contributed by atoms with E-state index >= 15 is 0 Å². The van der Waals surface area contributed by atoms with Crippen LogP contribution in [0.3, 0.4) is 0 Å². The van der Waals surface area contributed by atoms with E-state index < -0.39 is 0 Å². The highest BCUT2D eigenvalue weighted by molar-refractivity contribution is 9.10. The molecule has 1 fully saturated rings. The SMILES string of the molecule is C=C1c2c(Br)cccc2CC12CCC(CN)CC2.Cl. The Morgan fingerprint density at radius 3 is 2.58 bits per heavy atom. The summed E-state index contributed by atoms with van der Waals surface area (Å²) >= 11 is 3.68. The van der Waals surface area contributed by atoms with Crippen molar-refractivity contribution in [1.29, 1.82) is 0 Å². The van der Waals surface area contributed by atoms with Gasteiger partial charge in [0.05, 0.1) is 0 Å². The quantitative estimate of drug-likeness (QED) is 0.794. The largest absolute Gasteiger partial charge is 0.330 e. The standard InChI is InChI=1S/C16H20BrN.ClH/c1-11-15-13(3-2-4-14(15)17)9-16(11)7-5-12(10-18)6-8-16;/h2-4,12H,1,5-10,18H2;1H. The summed E-state index contributed by atoms with van der Waals surface area (Å²) in [5, 5.41) is 0. The Kier molecular flexibility index (Phi) is 4.44. The zero-order chi connectivity index (χ0) is 12.8. The van der Waals surface area contributed by atoms with Gasteiger partial charge in [0.25, 0.3) is 0 Å². The van der Waals surface area contributed by atoms with Crippen LogP contribution in [0.1, 0.15) is 36.8 Å². The summed E-state index contributed by atoms with van der Waals surface area (Å²) in [5.41, 5.74) is 10.3. The van der Waals surface area contributed by atoms with Crippen molar-refractivity contribution >= 4 is 33.9 Å². The predicted molar refractivity (Wildman–Crippen MR) is 87.6 cm³/mol. The maximum atomic E-state index is 5.80. The van der Waals surface area contributed by atoms with Crippen LogP contribution in [0.2, 0.25) is 0 Å². The van der Waals surface area contributed by atoms with Gasteiger partial charge in [-0.25, -0.2) is 0 Å². The Bertz CT molecular complexity index is 490. The smallest absolute Gasteiger partial charge is 0.0253 e. The lowest BCUT2D eigenvalue weighted by atomic mass is 9.67. The van der Waals surface area contributed by atoms with Gasteiger partial charge in [0.15, 0.2) is 0 Å². The number of fused-ring (bicyclic) bond motifs is 1. The molecule has 2 aliphatic rings. The predicted octanol–water partition coefficient (Wildman–Crippen LogP) is 4.58. The fourth-order valence-electron chi connectivity index (χ4n) is 3.73. The van der Waals surface area contributed by atoms with E-state index in [9.17, 15) is 0 Å². The second-order valence-electron chi connectivity index (χ2n) is 5.89. The highest BCUT2D eigenvalue weighted by atomic mass is 79.9. The minimum atomic E-state index is 0. The first-order valence-electron chi connectivity index (χ1n) is 6.83. The Morgan fingerprint density at radius 1 is 1.32 bits per heavy atom. The van der Waals surface area contributed by atoms with Gasteiger partial charge < -0.3 is 5.73 Å². The van der Waals surface area contributed by atoms with E-state index in [1.807, 2.05) is 0 Å². The van der Waals surface area contributed by atoms with E-state index in [4.69, 9.17) is 5.73 Å². The van der Waals surface area contributed by atoms with Crippen molar-refractivity contribution < 1.29 is 0 Å². The fourth-order valence-corrected chi connectivity index (χ4v) is 4.38. The summed E-state index contributed by atoms with van der Waals surface area (Å²) in [6.07, 6.45) is 6.23. The fraction of sp³-hybridized carbons (Fsp3) is 0.500. The Balaban J connectivity index is 0.00000133. The molecule has 0 amide bonds. The summed E-state index contributed by atoms with van der Waals surface area (Å²) in [7, 11) is 0. The first-order valence-corrected chi connectivity index (χ1v) is 7.63. The molecule has 0 saturated heterocycles. The number of hydrogen-bond acceptors (Lipinski definition) is 1. The van der Waals surface area contributed by atoms with Gasteiger partial charge in [0.1, 0.15) is 0 Å². The van der Waals surface area contributed by atoms with Crippen molar-refractivity contribution in [2.45, 2.75) is 32.1 Å². The minimum absolute atomic E-state index is 0. The zero-order valence-corrected chi connectivity index (χ0v) is 13.5. The van der Waals surface area contributed by atoms with Gasteiger partial charge in [-0.3, -0.25) is 0 Å². The lowest BCUT2D eigenvalue weighted by Crippen LogP contribution is -2.30. The van der Waals surface area contributed by atoms with Crippen LogP contribution in [0.5, 0.6) is 0 Å². The third-order valence-corrected chi connectivity index (χ3v) is 5.63. The maximum absolute atomic E-state index is 5.80. The topological polar surface area (TPSA) is 26.0 Å². The number of benzene rings is 1. The molecule has 0 bridgehead atoms. The average Bonchev–Trinajstić information content (AvgIpc) is 2.65. The lowest BCUT2D eigenvalue weighted by molar-refractivity contribution is 0.222.